The smallest absolute Gasteiger partial charge is 0.195 e. The van der Waals surface area contributed by atoms with Gasteiger partial charge >= 0.3 is 0 Å². The summed E-state index contributed by atoms with van der Waals surface area (Å²) in [6, 6.07) is 7.65. The Morgan fingerprint density at radius 3 is 2.15 bits per heavy atom. The van der Waals surface area contributed by atoms with Gasteiger partial charge in [-0.05, 0) is 31.7 Å². The number of unbranched alkanes of at least 4 members (excludes halogenated alkanes) is 1. The molecule has 0 aromatic heterocycles. The van der Waals surface area contributed by atoms with Crippen LogP contribution in [0.5, 0.6) is 0 Å². The van der Waals surface area contributed by atoms with Crippen LogP contribution >= 0.6 is 11.8 Å². The van der Waals surface area contributed by atoms with Crippen molar-refractivity contribution in [3.8, 4) is 0 Å². The molecule has 1 rings (SSSR count). The lowest BCUT2D eigenvalue weighted by Gasteiger charge is -2.16. The summed E-state index contributed by atoms with van der Waals surface area (Å²) in [5.74, 6) is -1.65. The molecule has 0 aliphatic carbocycles. The molecule has 146 valence electrons. The Kier molecular flexibility index (Phi) is 16.0. The number of hydrogen-bond acceptors (Lipinski definition) is 2. The van der Waals surface area contributed by atoms with E-state index in [1.54, 1.807) is 6.08 Å². The zero-order valence-electron chi connectivity index (χ0n) is 17.6. The molecule has 1 aromatic rings. The lowest BCUT2D eigenvalue weighted by Crippen LogP contribution is -2.15. The Hall–Kier alpha value is -1.61. The highest BCUT2D eigenvalue weighted by Gasteiger charge is 2.18. The molecular weight excluding hydrogens is 341 g/mol. The van der Waals surface area contributed by atoms with Crippen LogP contribution in [0.15, 0.2) is 58.8 Å². The first kappa shape index (κ1) is 26.6. The molecule has 1 aromatic carbocycles. The minimum atomic E-state index is -1.65. The van der Waals surface area contributed by atoms with E-state index in [0.29, 0.717) is 10.6 Å². The average molecular weight is 378 g/mol. The van der Waals surface area contributed by atoms with E-state index < -0.39 is 5.79 Å². The predicted molar refractivity (Wildman–Crippen MR) is 122 cm³/mol. The predicted octanol–water partition coefficient (Wildman–Crippen LogP) is 8.44. The van der Waals surface area contributed by atoms with E-state index in [2.05, 4.69) is 32.0 Å². The van der Waals surface area contributed by atoms with E-state index in [0.717, 1.165) is 11.1 Å². The zero-order chi connectivity index (χ0) is 20.6. The van der Waals surface area contributed by atoms with E-state index >= 15 is 0 Å². The number of aliphatic imine (C=N–C) groups is 1. The number of benzene rings is 1. The molecule has 3 heteroatoms. The lowest BCUT2D eigenvalue weighted by molar-refractivity contribution is 0.232. The first-order chi connectivity index (χ1) is 12.3. The molecule has 0 spiro atoms. The second kappa shape index (κ2) is 15.6. The van der Waals surface area contributed by atoms with Gasteiger partial charge in [-0.25, -0.2) is 9.38 Å². The number of alkyl halides is 1. The maximum Gasteiger partial charge on any atom is 0.195 e. The minimum Gasteiger partial charge on any atom is -0.245 e. The number of thioether (sulfide) groups is 1. The summed E-state index contributed by atoms with van der Waals surface area (Å²) in [5, 5.41) is 1.90. The minimum absolute atomic E-state index is 0.566. The number of hydrogen-bond donors (Lipinski definition) is 0. The third-order valence-corrected chi connectivity index (χ3v) is 3.81. The van der Waals surface area contributed by atoms with Gasteiger partial charge < -0.3 is 0 Å². The lowest BCUT2D eigenvalue weighted by atomic mass is 10.0. The van der Waals surface area contributed by atoms with Gasteiger partial charge in [0.05, 0.1) is 5.71 Å². The average Bonchev–Trinajstić information content (AvgIpc) is 2.65. The molecule has 0 amide bonds. The fourth-order valence-corrected chi connectivity index (χ4v) is 2.20. The van der Waals surface area contributed by atoms with Crippen LogP contribution in [0.4, 0.5) is 4.39 Å². The second-order valence-electron chi connectivity index (χ2n) is 5.67. The molecular formula is C23H36FNS. The maximum absolute atomic E-state index is 14.0. The van der Waals surface area contributed by atoms with Gasteiger partial charge in [-0.2, -0.15) is 0 Å². The summed E-state index contributed by atoms with van der Waals surface area (Å²) in [6.45, 7) is 20.9. The molecule has 0 saturated carbocycles. The summed E-state index contributed by atoms with van der Waals surface area (Å²) in [5.41, 5.74) is 2.32. The van der Waals surface area contributed by atoms with Crippen LogP contribution in [0.3, 0.4) is 0 Å². The van der Waals surface area contributed by atoms with Gasteiger partial charge in [-0.1, -0.05) is 102 Å². The topological polar surface area (TPSA) is 12.4 Å². The largest absolute Gasteiger partial charge is 0.245 e. The highest BCUT2D eigenvalue weighted by molar-refractivity contribution is 8.06. The van der Waals surface area contributed by atoms with Crippen molar-refractivity contribution < 1.29 is 4.39 Å². The fraction of sp³-hybridized carbons (Fsp3) is 0.435. The molecule has 0 fully saturated rings. The van der Waals surface area contributed by atoms with Crippen molar-refractivity contribution in [1.29, 1.82) is 0 Å². The van der Waals surface area contributed by atoms with Crippen LogP contribution in [-0.4, -0.2) is 11.5 Å². The van der Waals surface area contributed by atoms with Crippen LogP contribution in [0.2, 0.25) is 0 Å². The standard InChI is InChI=1S/C17H20FNS.C4H10.C2H6/c1-6-12-20-13(3)16(19-17(4,5)18)15-11-9-8-10-14(15)7-2;1-3-4-2;1-2/h6-12H,2-3H2,1,4-5H3;3-4H2,1-2H3;1-2H3/b12-6-,19-16+;;. The molecule has 0 aliphatic rings. The van der Waals surface area contributed by atoms with Crippen LogP contribution in [-0.2, 0) is 0 Å². The normalized spacial score (nSPS) is 11.2. The van der Waals surface area contributed by atoms with Crippen molar-refractivity contribution >= 4 is 23.5 Å². The molecule has 1 nitrogen and oxygen atoms in total. The van der Waals surface area contributed by atoms with Crippen LogP contribution < -0.4 is 0 Å². The molecule has 0 bridgehead atoms. The van der Waals surface area contributed by atoms with Gasteiger partial charge in [0, 0.05) is 10.5 Å². The Morgan fingerprint density at radius 2 is 1.73 bits per heavy atom. The summed E-state index contributed by atoms with van der Waals surface area (Å²) in [6.07, 6.45) is 6.29. The first-order valence-electron chi connectivity index (χ1n) is 9.28. The maximum atomic E-state index is 14.0. The molecule has 0 radical (unpaired) electrons. The Balaban J connectivity index is 0. The summed E-state index contributed by atoms with van der Waals surface area (Å²) in [7, 11) is 0. The number of nitrogens with zero attached hydrogens (tertiary/aromatic N) is 1. The van der Waals surface area contributed by atoms with Crippen LogP contribution in [0.25, 0.3) is 6.08 Å². The van der Waals surface area contributed by atoms with Crippen molar-refractivity contribution in [2.75, 3.05) is 0 Å². The highest BCUT2D eigenvalue weighted by atomic mass is 32.2. The van der Waals surface area contributed by atoms with E-state index in [1.165, 1.54) is 38.5 Å². The van der Waals surface area contributed by atoms with Gasteiger partial charge in [0.1, 0.15) is 0 Å². The van der Waals surface area contributed by atoms with Crippen molar-refractivity contribution in [3.05, 3.63) is 64.9 Å². The van der Waals surface area contributed by atoms with Crippen LogP contribution in [0, 0.1) is 0 Å². The third-order valence-electron chi connectivity index (χ3n) is 2.92. The summed E-state index contributed by atoms with van der Waals surface area (Å²) >= 11 is 1.43. The second-order valence-corrected chi connectivity index (χ2v) is 6.67. The zero-order valence-corrected chi connectivity index (χ0v) is 18.4. The monoisotopic (exact) mass is 377 g/mol. The molecule has 0 saturated heterocycles. The van der Waals surface area contributed by atoms with Gasteiger partial charge in [0.25, 0.3) is 0 Å². The summed E-state index contributed by atoms with van der Waals surface area (Å²) in [4.78, 5) is 4.90. The van der Waals surface area contributed by atoms with E-state index in [9.17, 15) is 4.39 Å². The Labute approximate surface area is 165 Å². The van der Waals surface area contributed by atoms with E-state index in [1.807, 2.05) is 56.5 Å². The highest BCUT2D eigenvalue weighted by Crippen LogP contribution is 2.26. The van der Waals surface area contributed by atoms with Crippen LogP contribution in [0.1, 0.15) is 72.4 Å². The number of halogens is 1. The number of rotatable bonds is 7. The molecule has 0 heterocycles. The Bertz CT molecular complexity index is 578. The van der Waals surface area contributed by atoms with Crippen molar-refractivity contribution in [1.82, 2.24) is 0 Å². The fourth-order valence-electron chi connectivity index (χ4n) is 1.64. The van der Waals surface area contributed by atoms with E-state index in [-0.39, 0.29) is 0 Å². The van der Waals surface area contributed by atoms with E-state index in [4.69, 9.17) is 0 Å². The number of allylic oxidation sites excluding steroid dienone is 2. The van der Waals surface area contributed by atoms with Gasteiger partial charge in [0.15, 0.2) is 5.79 Å². The molecule has 0 unspecified atom stereocenters. The molecule has 0 atom stereocenters. The first-order valence-corrected chi connectivity index (χ1v) is 10.2. The van der Waals surface area contributed by atoms with Gasteiger partial charge in [-0.3, -0.25) is 0 Å². The quantitative estimate of drug-likeness (QED) is 0.343. The SMILES string of the molecule is C=Cc1ccccc1/C(=N/C(C)(C)F)C(=C)S/C=C\C.CC.CCCC. The Morgan fingerprint density at radius 1 is 1.19 bits per heavy atom. The molecule has 0 aliphatic heterocycles. The van der Waals surface area contributed by atoms with Crippen molar-refractivity contribution in [3.63, 3.8) is 0 Å². The van der Waals surface area contributed by atoms with Crippen molar-refractivity contribution in [2.45, 2.75) is 67.1 Å². The molecule has 26 heavy (non-hydrogen) atoms. The molecule has 0 N–H and O–H groups in total. The van der Waals surface area contributed by atoms with Gasteiger partial charge in [-0.15, -0.1) is 0 Å². The van der Waals surface area contributed by atoms with Crippen molar-refractivity contribution in [2.24, 2.45) is 4.99 Å². The summed E-state index contributed by atoms with van der Waals surface area (Å²) < 4.78 is 14.0. The van der Waals surface area contributed by atoms with Gasteiger partial charge in [0.2, 0.25) is 0 Å². The third kappa shape index (κ3) is 11.9.